The summed E-state index contributed by atoms with van der Waals surface area (Å²) in [4.78, 5) is 20.0. The third kappa shape index (κ3) is 2.84. The van der Waals surface area contributed by atoms with Gasteiger partial charge in [0.25, 0.3) is 5.56 Å². The standard InChI is InChI=1S/C22H15N3O2S/c1-14-10-11-16(28-14)13-23-25-21(20-12-15-6-2-5-9-19(15)27-20)24-18-8-4-3-7-17(18)22(25)26/h2-13H,1H3. The molecular formula is C22H15N3O2S. The molecule has 0 aliphatic carbocycles. The van der Waals surface area contributed by atoms with Gasteiger partial charge < -0.3 is 4.42 Å². The van der Waals surface area contributed by atoms with Crippen LogP contribution in [0.4, 0.5) is 0 Å². The Balaban J connectivity index is 1.76. The predicted octanol–water partition coefficient (Wildman–Crippen LogP) is 5.06. The number of furan rings is 1. The van der Waals surface area contributed by atoms with Gasteiger partial charge in [0.15, 0.2) is 5.76 Å². The summed E-state index contributed by atoms with van der Waals surface area (Å²) in [6, 6.07) is 20.8. The average Bonchev–Trinajstić information content (AvgIpc) is 3.33. The minimum absolute atomic E-state index is 0.231. The third-order valence-corrected chi connectivity index (χ3v) is 5.40. The van der Waals surface area contributed by atoms with Crippen LogP contribution in [-0.2, 0) is 0 Å². The molecule has 3 heterocycles. The zero-order valence-corrected chi connectivity index (χ0v) is 15.8. The van der Waals surface area contributed by atoms with Crippen molar-refractivity contribution in [1.82, 2.24) is 9.66 Å². The molecule has 0 atom stereocenters. The molecule has 0 spiro atoms. The lowest BCUT2D eigenvalue weighted by molar-refractivity contribution is 0.616. The molecule has 0 saturated carbocycles. The number of hydrogen-bond donors (Lipinski definition) is 0. The van der Waals surface area contributed by atoms with Crippen LogP contribution >= 0.6 is 11.3 Å². The van der Waals surface area contributed by atoms with Crippen molar-refractivity contribution in [3.05, 3.63) is 86.8 Å². The maximum Gasteiger partial charge on any atom is 0.282 e. The first-order valence-electron chi connectivity index (χ1n) is 8.80. The Morgan fingerprint density at radius 1 is 1.07 bits per heavy atom. The molecule has 0 unspecified atom stereocenters. The van der Waals surface area contributed by atoms with Gasteiger partial charge in [-0.15, -0.1) is 11.3 Å². The number of hydrogen-bond acceptors (Lipinski definition) is 5. The smallest absolute Gasteiger partial charge is 0.282 e. The van der Waals surface area contributed by atoms with E-state index in [4.69, 9.17) is 4.42 Å². The van der Waals surface area contributed by atoms with Crippen molar-refractivity contribution in [1.29, 1.82) is 0 Å². The first kappa shape index (κ1) is 16.6. The van der Waals surface area contributed by atoms with E-state index >= 15 is 0 Å². The van der Waals surface area contributed by atoms with Crippen LogP contribution in [0.5, 0.6) is 0 Å². The van der Waals surface area contributed by atoms with Gasteiger partial charge in [0, 0.05) is 15.1 Å². The summed E-state index contributed by atoms with van der Waals surface area (Å²) >= 11 is 1.61. The second-order valence-corrected chi connectivity index (χ2v) is 7.73. The number of benzene rings is 2. The Labute approximate surface area is 164 Å². The molecule has 3 aromatic heterocycles. The van der Waals surface area contributed by atoms with E-state index in [0.717, 1.165) is 15.8 Å². The minimum Gasteiger partial charge on any atom is -0.453 e. The second-order valence-electron chi connectivity index (χ2n) is 6.41. The highest BCUT2D eigenvalue weighted by atomic mass is 32.1. The average molecular weight is 385 g/mol. The zero-order valence-electron chi connectivity index (χ0n) is 15.0. The Bertz CT molecular complexity index is 1380. The van der Waals surface area contributed by atoms with Crippen LogP contribution in [-0.4, -0.2) is 15.9 Å². The van der Waals surface area contributed by atoms with E-state index in [-0.39, 0.29) is 5.56 Å². The lowest BCUT2D eigenvalue weighted by atomic mass is 10.2. The minimum atomic E-state index is -0.231. The Kier molecular flexibility index (Phi) is 3.91. The van der Waals surface area contributed by atoms with Gasteiger partial charge >= 0.3 is 0 Å². The Morgan fingerprint density at radius 2 is 1.89 bits per heavy atom. The van der Waals surface area contributed by atoms with Gasteiger partial charge in [-0.05, 0) is 43.3 Å². The summed E-state index contributed by atoms with van der Waals surface area (Å²) in [6.07, 6.45) is 1.68. The monoisotopic (exact) mass is 385 g/mol. The van der Waals surface area contributed by atoms with E-state index in [1.165, 1.54) is 9.55 Å². The van der Waals surface area contributed by atoms with Gasteiger partial charge in [0.05, 0.1) is 17.1 Å². The lowest BCUT2D eigenvalue weighted by Crippen LogP contribution is -2.20. The summed E-state index contributed by atoms with van der Waals surface area (Å²) < 4.78 is 7.28. The number of rotatable bonds is 3. The van der Waals surface area contributed by atoms with Crippen LogP contribution in [0.2, 0.25) is 0 Å². The van der Waals surface area contributed by atoms with Gasteiger partial charge in [-0.3, -0.25) is 4.79 Å². The fourth-order valence-corrected chi connectivity index (χ4v) is 3.86. The van der Waals surface area contributed by atoms with Gasteiger partial charge in [-0.25, -0.2) is 4.98 Å². The normalized spacial score (nSPS) is 11.8. The Morgan fingerprint density at radius 3 is 2.71 bits per heavy atom. The molecule has 136 valence electrons. The molecule has 5 nitrogen and oxygen atoms in total. The molecular weight excluding hydrogens is 370 g/mol. The van der Waals surface area contributed by atoms with E-state index < -0.39 is 0 Å². The quantitative estimate of drug-likeness (QED) is 0.408. The maximum atomic E-state index is 13.1. The molecule has 0 bridgehead atoms. The van der Waals surface area contributed by atoms with Crippen molar-refractivity contribution >= 4 is 39.4 Å². The highest BCUT2D eigenvalue weighted by molar-refractivity contribution is 7.13. The van der Waals surface area contributed by atoms with E-state index in [1.54, 1.807) is 23.6 Å². The molecule has 5 aromatic rings. The van der Waals surface area contributed by atoms with Gasteiger partial charge in [0.1, 0.15) is 5.58 Å². The van der Waals surface area contributed by atoms with Crippen molar-refractivity contribution in [2.45, 2.75) is 6.92 Å². The SMILES string of the molecule is Cc1ccc(C=Nn2c(-c3cc4ccccc4o3)nc3ccccc3c2=O)s1. The number of nitrogens with zero attached hydrogens (tertiary/aromatic N) is 3. The van der Waals surface area contributed by atoms with Crippen LogP contribution in [0, 0.1) is 6.92 Å². The fourth-order valence-electron chi connectivity index (χ4n) is 3.12. The molecule has 0 saturated heterocycles. The lowest BCUT2D eigenvalue weighted by Gasteiger charge is -2.06. The van der Waals surface area contributed by atoms with Crippen LogP contribution in [0.25, 0.3) is 33.5 Å². The molecule has 0 aliphatic rings. The van der Waals surface area contributed by atoms with E-state index in [0.29, 0.717) is 22.5 Å². The number of thiophene rings is 1. The van der Waals surface area contributed by atoms with E-state index in [2.05, 4.69) is 10.1 Å². The van der Waals surface area contributed by atoms with Gasteiger partial charge in [-0.2, -0.15) is 9.78 Å². The molecule has 0 radical (unpaired) electrons. The van der Waals surface area contributed by atoms with E-state index in [1.807, 2.05) is 67.6 Å². The summed E-state index contributed by atoms with van der Waals surface area (Å²) in [5, 5.41) is 5.92. The van der Waals surface area contributed by atoms with Crippen LogP contribution in [0.1, 0.15) is 9.75 Å². The molecule has 0 N–H and O–H groups in total. The molecule has 0 aliphatic heterocycles. The molecule has 0 fully saturated rings. The van der Waals surface area contributed by atoms with Gasteiger partial charge in [-0.1, -0.05) is 30.3 Å². The number of aromatic nitrogens is 2. The molecule has 2 aromatic carbocycles. The van der Waals surface area contributed by atoms with Crippen LogP contribution in [0.15, 0.2) is 81.0 Å². The highest BCUT2D eigenvalue weighted by Gasteiger charge is 2.16. The summed E-state index contributed by atoms with van der Waals surface area (Å²) in [5.74, 6) is 0.882. The van der Waals surface area contributed by atoms with Crippen molar-refractivity contribution < 1.29 is 4.42 Å². The van der Waals surface area contributed by atoms with Gasteiger partial charge in [0.2, 0.25) is 5.82 Å². The first-order valence-corrected chi connectivity index (χ1v) is 9.62. The fraction of sp³-hybridized carbons (Fsp3) is 0.0455. The van der Waals surface area contributed by atoms with E-state index in [9.17, 15) is 4.79 Å². The molecule has 0 amide bonds. The summed E-state index contributed by atoms with van der Waals surface area (Å²) in [6.45, 7) is 2.03. The number of fused-ring (bicyclic) bond motifs is 2. The largest absolute Gasteiger partial charge is 0.453 e. The Hall–Kier alpha value is -3.51. The first-order chi connectivity index (χ1) is 13.7. The second kappa shape index (κ2) is 6.58. The molecule has 5 rings (SSSR count). The molecule has 28 heavy (non-hydrogen) atoms. The van der Waals surface area contributed by atoms with Crippen molar-refractivity contribution in [2.24, 2.45) is 5.10 Å². The zero-order chi connectivity index (χ0) is 19.1. The predicted molar refractivity (Wildman–Crippen MR) is 113 cm³/mol. The van der Waals surface area contributed by atoms with Crippen molar-refractivity contribution in [3.63, 3.8) is 0 Å². The number of para-hydroxylation sites is 2. The number of aryl methyl sites for hydroxylation is 1. The van der Waals surface area contributed by atoms with Crippen LogP contribution in [0.3, 0.4) is 0 Å². The third-order valence-electron chi connectivity index (χ3n) is 4.46. The summed E-state index contributed by atoms with van der Waals surface area (Å²) in [7, 11) is 0. The molecule has 6 heteroatoms. The van der Waals surface area contributed by atoms with Crippen molar-refractivity contribution in [3.8, 4) is 11.6 Å². The van der Waals surface area contributed by atoms with Crippen LogP contribution < -0.4 is 5.56 Å². The topological polar surface area (TPSA) is 60.4 Å². The maximum absolute atomic E-state index is 13.1. The summed E-state index contributed by atoms with van der Waals surface area (Å²) in [5.41, 5.74) is 1.12. The highest BCUT2D eigenvalue weighted by Crippen LogP contribution is 2.27. The van der Waals surface area contributed by atoms with Crippen molar-refractivity contribution in [2.75, 3.05) is 0 Å².